The molecule has 2 heterocycles. The molecule has 2 saturated heterocycles. The predicted molar refractivity (Wildman–Crippen MR) is 138 cm³/mol. The molecule has 2 rings (SSSR count). The lowest BCUT2D eigenvalue weighted by atomic mass is 9.96. The average Bonchev–Trinajstić information content (AvgIpc) is 3.18. The number of allylic oxidation sites excluding steroid dienone is 1. The molecule has 0 aliphatic carbocycles. The Balaban J connectivity index is 2.38. The molecule has 0 unspecified atom stereocenters. The first-order chi connectivity index (χ1) is 16.9. The molecular formula is C27H47N3O6. The third-order valence-corrected chi connectivity index (χ3v) is 6.60. The van der Waals surface area contributed by atoms with Crippen LogP contribution < -0.4 is 10.6 Å². The first-order valence-corrected chi connectivity index (χ1v) is 13.4. The number of alkyl carbamates (subject to hydrolysis) is 1. The highest BCUT2D eigenvalue weighted by Gasteiger charge is 2.45. The monoisotopic (exact) mass is 509 g/mol. The quantitative estimate of drug-likeness (QED) is 0.503. The molecule has 9 heteroatoms. The van der Waals surface area contributed by atoms with Crippen molar-refractivity contribution in [2.75, 3.05) is 19.8 Å². The van der Waals surface area contributed by atoms with E-state index >= 15 is 0 Å². The molecule has 206 valence electrons. The molecule has 2 aliphatic heterocycles. The summed E-state index contributed by atoms with van der Waals surface area (Å²) in [5.41, 5.74) is 0.340. The third-order valence-electron chi connectivity index (χ3n) is 6.60. The highest BCUT2D eigenvalue weighted by Crippen LogP contribution is 2.29. The van der Waals surface area contributed by atoms with Crippen LogP contribution in [0.5, 0.6) is 0 Å². The zero-order chi connectivity index (χ0) is 26.9. The van der Waals surface area contributed by atoms with E-state index in [2.05, 4.69) is 10.6 Å². The Labute approximate surface area is 216 Å². The minimum Gasteiger partial charge on any atom is -0.444 e. The Hall–Kier alpha value is -2.13. The fourth-order valence-electron chi connectivity index (χ4n) is 4.88. The van der Waals surface area contributed by atoms with E-state index in [-0.39, 0.29) is 30.4 Å². The molecule has 0 radical (unpaired) electrons. The van der Waals surface area contributed by atoms with Crippen molar-refractivity contribution >= 4 is 17.9 Å². The van der Waals surface area contributed by atoms with E-state index in [1.807, 2.05) is 19.9 Å². The molecule has 5 atom stereocenters. The third kappa shape index (κ3) is 9.39. The van der Waals surface area contributed by atoms with Gasteiger partial charge < -0.3 is 30.1 Å². The number of ether oxygens (including phenoxy) is 2. The van der Waals surface area contributed by atoms with Crippen molar-refractivity contribution in [1.29, 1.82) is 0 Å². The summed E-state index contributed by atoms with van der Waals surface area (Å²) in [4.78, 5) is 41.6. The molecule has 0 bridgehead atoms. The number of carbonyl (C=O) groups excluding carboxylic acids is 3. The molecule has 3 amide bonds. The van der Waals surface area contributed by atoms with E-state index in [4.69, 9.17) is 9.47 Å². The maximum absolute atomic E-state index is 13.9. The standard InChI is InChI=1S/C27H47N3O6/c1-18(2)16-20-13-14-30-23(20)24(32)28-21(17-31)12-10-8-7-9-11-15-35-19(3)22(25(30)33)29-26(34)36-27(4,5)6/h16,19-23,31H,7-15,17H2,1-6H3,(H,28,32)(H,29,34)/t19-,20+,21-,22-,23-/m0/s1. The van der Waals surface area contributed by atoms with Crippen LogP contribution in [0, 0.1) is 5.92 Å². The second-order valence-electron chi connectivity index (χ2n) is 11.3. The predicted octanol–water partition coefficient (Wildman–Crippen LogP) is 3.30. The maximum atomic E-state index is 13.9. The molecule has 0 aromatic carbocycles. The molecule has 9 nitrogen and oxygen atoms in total. The molecule has 0 spiro atoms. The van der Waals surface area contributed by atoms with Crippen molar-refractivity contribution in [3.05, 3.63) is 11.6 Å². The van der Waals surface area contributed by atoms with Gasteiger partial charge in [-0.2, -0.15) is 0 Å². The van der Waals surface area contributed by atoms with Crippen LogP contribution in [0.1, 0.15) is 86.5 Å². The molecule has 0 saturated carbocycles. The van der Waals surface area contributed by atoms with Gasteiger partial charge in [-0.3, -0.25) is 9.59 Å². The second kappa shape index (κ2) is 14.0. The Bertz CT molecular complexity index is 774. The number of hydrogen-bond acceptors (Lipinski definition) is 6. The van der Waals surface area contributed by atoms with Crippen LogP contribution in [0.3, 0.4) is 0 Å². The van der Waals surface area contributed by atoms with Gasteiger partial charge in [-0.05, 0) is 60.8 Å². The molecule has 36 heavy (non-hydrogen) atoms. The summed E-state index contributed by atoms with van der Waals surface area (Å²) in [6.45, 7) is 11.7. The van der Waals surface area contributed by atoms with Crippen molar-refractivity contribution in [1.82, 2.24) is 15.5 Å². The number of fused-ring (bicyclic) bond motifs is 1. The lowest BCUT2D eigenvalue weighted by Gasteiger charge is -2.33. The number of hydrogen-bond donors (Lipinski definition) is 3. The van der Waals surface area contributed by atoms with Crippen molar-refractivity contribution < 1.29 is 29.0 Å². The van der Waals surface area contributed by atoms with Crippen molar-refractivity contribution in [2.45, 2.75) is 116 Å². The van der Waals surface area contributed by atoms with Gasteiger partial charge in [0.25, 0.3) is 0 Å². The fraction of sp³-hybridized carbons (Fsp3) is 0.815. The van der Waals surface area contributed by atoms with Crippen LogP contribution in [0.2, 0.25) is 0 Å². The SMILES string of the molecule is CC(C)=C[C@H]1CCN2C(=O)[C@@H](NC(=O)OC(C)(C)C)[C@H](C)OCCCCCCC[C@@H](CO)NC(=O)[C@H]12. The van der Waals surface area contributed by atoms with Gasteiger partial charge in [0.05, 0.1) is 18.8 Å². The molecule has 3 N–H and O–H groups in total. The summed E-state index contributed by atoms with van der Waals surface area (Å²) >= 11 is 0. The number of aliphatic hydroxyl groups is 1. The van der Waals surface area contributed by atoms with Gasteiger partial charge in [-0.25, -0.2) is 4.79 Å². The first-order valence-electron chi connectivity index (χ1n) is 13.4. The maximum Gasteiger partial charge on any atom is 0.408 e. The molecule has 0 aromatic rings. The molecule has 0 aromatic heterocycles. The summed E-state index contributed by atoms with van der Waals surface area (Å²) in [5, 5.41) is 15.6. The molecule has 2 aliphatic rings. The Morgan fingerprint density at radius 1 is 1.17 bits per heavy atom. The summed E-state index contributed by atoms with van der Waals surface area (Å²) < 4.78 is 11.4. The van der Waals surface area contributed by atoms with E-state index in [1.54, 1.807) is 32.6 Å². The fourth-order valence-corrected chi connectivity index (χ4v) is 4.88. The van der Waals surface area contributed by atoms with Crippen LogP contribution >= 0.6 is 0 Å². The van der Waals surface area contributed by atoms with E-state index in [0.717, 1.165) is 37.7 Å². The Kier molecular flexibility index (Phi) is 11.7. The highest BCUT2D eigenvalue weighted by molar-refractivity contribution is 5.92. The van der Waals surface area contributed by atoms with Crippen molar-refractivity contribution in [3.8, 4) is 0 Å². The van der Waals surface area contributed by atoms with Gasteiger partial charge in [0, 0.05) is 19.1 Å². The van der Waals surface area contributed by atoms with E-state index in [9.17, 15) is 19.5 Å². The van der Waals surface area contributed by atoms with Gasteiger partial charge in [0.15, 0.2) is 0 Å². The smallest absolute Gasteiger partial charge is 0.408 e. The Morgan fingerprint density at radius 2 is 1.83 bits per heavy atom. The normalized spacial score (nSPS) is 29.2. The van der Waals surface area contributed by atoms with Gasteiger partial charge >= 0.3 is 6.09 Å². The van der Waals surface area contributed by atoms with E-state index in [1.165, 1.54) is 0 Å². The summed E-state index contributed by atoms with van der Waals surface area (Å²) in [7, 11) is 0. The largest absolute Gasteiger partial charge is 0.444 e. The minimum atomic E-state index is -0.998. The molecular weight excluding hydrogens is 462 g/mol. The number of carbonyl (C=O) groups is 3. The second-order valence-corrected chi connectivity index (χ2v) is 11.3. The van der Waals surface area contributed by atoms with Gasteiger partial charge in [-0.1, -0.05) is 37.3 Å². The first kappa shape index (κ1) is 30.1. The van der Waals surface area contributed by atoms with Gasteiger partial charge in [0.1, 0.15) is 17.7 Å². The number of amides is 3. The van der Waals surface area contributed by atoms with Crippen LogP contribution in [0.15, 0.2) is 11.6 Å². The van der Waals surface area contributed by atoms with E-state index in [0.29, 0.717) is 26.0 Å². The van der Waals surface area contributed by atoms with Crippen LogP contribution in [-0.2, 0) is 19.1 Å². The zero-order valence-electron chi connectivity index (χ0n) is 23.0. The van der Waals surface area contributed by atoms with E-state index < -0.39 is 29.9 Å². The lowest BCUT2D eigenvalue weighted by molar-refractivity contribution is -0.143. The summed E-state index contributed by atoms with van der Waals surface area (Å²) in [6, 6.07) is -2.08. The summed E-state index contributed by atoms with van der Waals surface area (Å²) in [5.74, 6) is -0.805. The summed E-state index contributed by atoms with van der Waals surface area (Å²) in [6.07, 6.45) is 6.84. The number of nitrogens with zero attached hydrogens (tertiary/aromatic N) is 1. The molecule has 2 fully saturated rings. The van der Waals surface area contributed by atoms with Crippen molar-refractivity contribution in [2.24, 2.45) is 5.92 Å². The minimum absolute atomic E-state index is 0.145. The average molecular weight is 510 g/mol. The number of aliphatic hydroxyl groups excluding tert-OH is 1. The topological polar surface area (TPSA) is 117 Å². The van der Waals surface area contributed by atoms with Crippen molar-refractivity contribution in [3.63, 3.8) is 0 Å². The van der Waals surface area contributed by atoms with Gasteiger partial charge in [0.2, 0.25) is 11.8 Å². The zero-order valence-corrected chi connectivity index (χ0v) is 23.0. The van der Waals surface area contributed by atoms with Crippen LogP contribution in [0.4, 0.5) is 4.79 Å². The van der Waals surface area contributed by atoms with Crippen LogP contribution in [-0.4, -0.2) is 77.5 Å². The Morgan fingerprint density at radius 3 is 2.47 bits per heavy atom. The highest BCUT2D eigenvalue weighted by atomic mass is 16.6. The lowest BCUT2D eigenvalue weighted by Crippen LogP contribution is -2.59. The van der Waals surface area contributed by atoms with Gasteiger partial charge in [-0.15, -0.1) is 0 Å². The van der Waals surface area contributed by atoms with Crippen LogP contribution in [0.25, 0.3) is 0 Å². The number of nitrogens with one attached hydrogen (secondary N) is 2. The number of rotatable bonds is 3.